The van der Waals surface area contributed by atoms with Gasteiger partial charge < -0.3 is 10.6 Å². The molecule has 1 fully saturated rings. The van der Waals surface area contributed by atoms with Gasteiger partial charge in [0.05, 0.1) is 18.5 Å². The van der Waals surface area contributed by atoms with Gasteiger partial charge in [-0.05, 0) is 12.8 Å². The molecule has 0 spiro atoms. The van der Waals surface area contributed by atoms with Gasteiger partial charge in [-0.2, -0.15) is 5.26 Å². The van der Waals surface area contributed by atoms with Crippen LogP contribution in [-0.2, 0) is 4.79 Å². The molecular weight excluding hydrogens is 190 g/mol. The van der Waals surface area contributed by atoms with Gasteiger partial charge in [-0.1, -0.05) is 19.3 Å². The summed E-state index contributed by atoms with van der Waals surface area (Å²) in [6, 6.07) is 2.53. The van der Waals surface area contributed by atoms with E-state index < -0.39 is 0 Å². The van der Waals surface area contributed by atoms with Crippen LogP contribution in [0.4, 0.5) is 0 Å². The van der Waals surface area contributed by atoms with Crippen LogP contribution in [0.2, 0.25) is 0 Å². The van der Waals surface area contributed by atoms with Crippen LogP contribution in [0, 0.1) is 17.2 Å². The summed E-state index contributed by atoms with van der Waals surface area (Å²) in [4.78, 5) is 11.1. The fourth-order valence-corrected chi connectivity index (χ4v) is 2.02. The average molecular weight is 209 g/mol. The second-order valence-corrected chi connectivity index (χ2v) is 4.03. The number of nitrogens with one attached hydrogen (secondary N) is 2. The number of carbonyl (C=O) groups excluding carboxylic acids is 1. The maximum Gasteiger partial charge on any atom is 0.233 e. The summed E-state index contributed by atoms with van der Waals surface area (Å²) < 4.78 is 0. The Bertz CT molecular complexity index is 247. The molecule has 15 heavy (non-hydrogen) atoms. The van der Waals surface area contributed by atoms with Gasteiger partial charge in [-0.25, -0.2) is 0 Å². The zero-order valence-electron chi connectivity index (χ0n) is 9.25. The van der Waals surface area contributed by atoms with Crippen LogP contribution in [0.3, 0.4) is 0 Å². The summed E-state index contributed by atoms with van der Waals surface area (Å²) in [5.41, 5.74) is 0. The standard InChI is InChI=1S/C11H19N3O/c1-13-11(15)8-14-10-6-4-2-3-5-9(10)7-12/h9-10,14H,2-6,8H2,1H3,(H,13,15). The number of hydrogen-bond donors (Lipinski definition) is 2. The number of nitrogens with zero attached hydrogens (tertiary/aromatic N) is 1. The normalized spacial score (nSPS) is 26.4. The molecule has 1 aliphatic rings. The number of nitriles is 1. The van der Waals surface area contributed by atoms with Gasteiger partial charge in [0.15, 0.2) is 0 Å². The molecule has 1 amide bonds. The highest BCUT2D eigenvalue weighted by atomic mass is 16.1. The number of amides is 1. The Hall–Kier alpha value is -1.08. The van der Waals surface area contributed by atoms with E-state index >= 15 is 0 Å². The van der Waals surface area contributed by atoms with E-state index in [9.17, 15) is 4.79 Å². The van der Waals surface area contributed by atoms with Crippen molar-refractivity contribution in [2.24, 2.45) is 5.92 Å². The molecule has 0 saturated heterocycles. The predicted molar refractivity (Wildman–Crippen MR) is 58.0 cm³/mol. The fourth-order valence-electron chi connectivity index (χ4n) is 2.02. The molecule has 2 N–H and O–H groups in total. The molecule has 4 heteroatoms. The van der Waals surface area contributed by atoms with Crippen molar-refractivity contribution in [2.75, 3.05) is 13.6 Å². The summed E-state index contributed by atoms with van der Waals surface area (Å²) in [7, 11) is 1.62. The summed E-state index contributed by atoms with van der Waals surface area (Å²) in [5, 5.41) is 14.8. The molecule has 1 rings (SSSR count). The van der Waals surface area contributed by atoms with Gasteiger partial charge in [0.25, 0.3) is 0 Å². The number of rotatable bonds is 3. The summed E-state index contributed by atoms with van der Waals surface area (Å²) >= 11 is 0. The van der Waals surface area contributed by atoms with E-state index in [1.165, 1.54) is 6.42 Å². The first-order valence-corrected chi connectivity index (χ1v) is 5.61. The quantitative estimate of drug-likeness (QED) is 0.675. The third-order valence-electron chi connectivity index (χ3n) is 2.99. The first kappa shape index (κ1) is 12.0. The van der Waals surface area contributed by atoms with Crippen LogP contribution in [0.1, 0.15) is 32.1 Å². The maximum atomic E-state index is 11.1. The van der Waals surface area contributed by atoms with Crippen molar-refractivity contribution in [2.45, 2.75) is 38.1 Å². The minimum Gasteiger partial charge on any atom is -0.358 e. The fraction of sp³-hybridized carbons (Fsp3) is 0.818. The highest BCUT2D eigenvalue weighted by molar-refractivity contribution is 5.77. The largest absolute Gasteiger partial charge is 0.358 e. The van der Waals surface area contributed by atoms with Crippen LogP contribution < -0.4 is 10.6 Å². The monoisotopic (exact) mass is 209 g/mol. The van der Waals surface area contributed by atoms with Crippen LogP contribution >= 0.6 is 0 Å². The molecule has 0 heterocycles. The first-order valence-electron chi connectivity index (χ1n) is 5.61. The van der Waals surface area contributed by atoms with Crippen LogP contribution in [-0.4, -0.2) is 25.5 Å². The van der Waals surface area contributed by atoms with Gasteiger partial charge in [0.2, 0.25) is 5.91 Å². The Labute approximate surface area is 91.0 Å². The summed E-state index contributed by atoms with van der Waals surface area (Å²) in [5.74, 6) is 0.0492. The van der Waals surface area contributed by atoms with Crippen molar-refractivity contribution in [3.63, 3.8) is 0 Å². The molecule has 0 aliphatic heterocycles. The Kier molecular flexibility index (Phi) is 5.13. The lowest BCUT2D eigenvalue weighted by molar-refractivity contribution is -0.119. The van der Waals surface area contributed by atoms with E-state index in [0.29, 0.717) is 6.54 Å². The lowest BCUT2D eigenvalue weighted by Gasteiger charge is -2.20. The minimum absolute atomic E-state index is 0.0177. The Balaban J connectivity index is 2.42. The number of carbonyl (C=O) groups is 1. The number of likely N-dealkylation sites (N-methyl/N-ethyl adjacent to an activating group) is 1. The van der Waals surface area contributed by atoms with Gasteiger partial charge >= 0.3 is 0 Å². The molecule has 2 unspecified atom stereocenters. The zero-order valence-corrected chi connectivity index (χ0v) is 9.25. The third kappa shape index (κ3) is 3.88. The van der Waals surface area contributed by atoms with E-state index in [1.54, 1.807) is 7.05 Å². The molecule has 1 saturated carbocycles. The zero-order chi connectivity index (χ0) is 11.1. The molecule has 0 aromatic rings. The lowest BCUT2D eigenvalue weighted by atomic mass is 9.96. The van der Waals surface area contributed by atoms with E-state index in [2.05, 4.69) is 16.7 Å². The highest BCUT2D eigenvalue weighted by Crippen LogP contribution is 2.22. The third-order valence-corrected chi connectivity index (χ3v) is 2.99. The van der Waals surface area contributed by atoms with Crippen molar-refractivity contribution >= 4 is 5.91 Å². The highest BCUT2D eigenvalue weighted by Gasteiger charge is 2.23. The van der Waals surface area contributed by atoms with Crippen LogP contribution in [0.15, 0.2) is 0 Å². The molecule has 0 radical (unpaired) electrons. The molecule has 2 atom stereocenters. The van der Waals surface area contributed by atoms with Crippen LogP contribution in [0.25, 0.3) is 0 Å². The van der Waals surface area contributed by atoms with E-state index in [4.69, 9.17) is 5.26 Å². The molecule has 4 nitrogen and oxygen atoms in total. The Morgan fingerprint density at radius 3 is 2.80 bits per heavy atom. The first-order chi connectivity index (χ1) is 7.27. The Morgan fingerprint density at radius 2 is 2.13 bits per heavy atom. The van der Waals surface area contributed by atoms with Crippen LogP contribution in [0.5, 0.6) is 0 Å². The molecule has 84 valence electrons. The number of hydrogen-bond acceptors (Lipinski definition) is 3. The van der Waals surface area contributed by atoms with E-state index in [0.717, 1.165) is 25.7 Å². The molecule has 0 bridgehead atoms. The Morgan fingerprint density at radius 1 is 1.40 bits per heavy atom. The summed E-state index contributed by atoms with van der Waals surface area (Å²) in [6.45, 7) is 0.319. The van der Waals surface area contributed by atoms with E-state index in [1.807, 2.05) is 0 Å². The SMILES string of the molecule is CNC(=O)CNC1CCCCCC1C#N. The smallest absolute Gasteiger partial charge is 0.233 e. The van der Waals surface area contributed by atoms with Crippen molar-refractivity contribution < 1.29 is 4.79 Å². The summed E-state index contributed by atoms with van der Waals surface area (Å²) in [6.07, 6.45) is 5.47. The second kappa shape index (κ2) is 6.41. The molecule has 1 aliphatic carbocycles. The molecule has 0 aromatic carbocycles. The van der Waals surface area contributed by atoms with Crippen molar-refractivity contribution in [1.82, 2.24) is 10.6 Å². The maximum absolute atomic E-state index is 11.1. The van der Waals surface area contributed by atoms with Crippen molar-refractivity contribution in [1.29, 1.82) is 5.26 Å². The lowest BCUT2D eigenvalue weighted by Crippen LogP contribution is -2.41. The van der Waals surface area contributed by atoms with Gasteiger partial charge in [-0.3, -0.25) is 4.79 Å². The minimum atomic E-state index is -0.0177. The van der Waals surface area contributed by atoms with Gasteiger partial charge in [0, 0.05) is 13.1 Å². The van der Waals surface area contributed by atoms with Crippen molar-refractivity contribution in [3.8, 4) is 6.07 Å². The molecular formula is C11H19N3O. The van der Waals surface area contributed by atoms with Gasteiger partial charge in [-0.15, -0.1) is 0 Å². The topological polar surface area (TPSA) is 64.9 Å². The van der Waals surface area contributed by atoms with Crippen molar-refractivity contribution in [3.05, 3.63) is 0 Å². The van der Waals surface area contributed by atoms with Gasteiger partial charge in [0.1, 0.15) is 0 Å². The van der Waals surface area contributed by atoms with E-state index in [-0.39, 0.29) is 17.9 Å². The predicted octanol–water partition coefficient (Wildman–Crippen LogP) is 0.794. The molecule has 0 aromatic heterocycles. The average Bonchev–Trinajstić information content (AvgIpc) is 2.50. The second-order valence-electron chi connectivity index (χ2n) is 4.03.